The number of nitrogens with two attached hydrogens (primary N) is 1. The molecule has 2 amide bonds. The van der Waals surface area contributed by atoms with Gasteiger partial charge in [-0.3, -0.25) is 0 Å². The van der Waals surface area contributed by atoms with Crippen LogP contribution in [0, 0.1) is 0 Å². The van der Waals surface area contributed by atoms with E-state index >= 15 is 0 Å². The standard InChI is InChI=1S/C11H17N3O/c1-13-11(15)14(8-7-12)9-10-5-3-2-4-6-10/h2-6H,7-9,12H2,1H3,(H,13,15). The first kappa shape index (κ1) is 11.5. The van der Waals surface area contributed by atoms with Crippen LogP contribution in [0.2, 0.25) is 0 Å². The molecule has 0 saturated heterocycles. The van der Waals surface area contributed by atoms with E-state index < -0.39 is 0 Å². The molecule has 0 aliphatic rings. The Bertz CT molecular complexity index is 300. The highest BCUT2D eigenvalue weighted by Crippen LogP contribution is 2.03. The second-order valence-corrected chi connectivity index (χ2v) is 3.25. The maximum Gasteiger partial charge on any atom is 0.317 e. The Hall–Kier alpha value is -1.55. The van der Waals surface area contributed by atoms with Gasteiger partial charge in [0.25, 0.3) is 0 Å². The first-order valence-electron chi connectivity index (χ1n) is 4.98. The van der Waals surface area contributed by atoms with Crippen molar-refractivity contribution in [3.8, 4) is 0 Å². The summed E-state index contributed by atoms with van der Waals surface area (Å²) < 4.78 is 0. The van der Waals surface area contributed by atoms with E-state index in [-0.39, 0.29) is 6.03 Å². The van der Waals surface area contributed by atoms with Crippen molar-refractivity contribution in [1.82, 2.24) is 10.2 Å². The third-order valence-electron chi connectivity index (χ3n) is 2.12. The number of rotatable bonds is 4. The molecule has 0 spiro atoms. The lowest BCUT2D eigenvalue weighted by Crippen LogP contribution is -2.40. The van der Waals surface area contributed by atoms with Crippen molar-refractivity contribution in [2.75, 3.05) is 20.1 Å². The Kier molecular flexibility index (Phi) is 4.63. The van der Waals surface area contributed by atoms with E-state index in [1.165, 1.54) is 0 Å². The minimum Gasteiger partial charge on any atom is -0.341 e. The molecular formula is C11H17N3O. The lowest BCUT2D eigenvalue weighted by molar-refractivity contribution is 0.199. The molecule has 0 aromatic heterocycles. The molecule has 1 rings (SSSR count). The van der Waals surface area contributed by atoms with Crippen molar-refractivity contribution >= 4 is 6.03 Å². The van der Waals surface area contributed by atoms with Crippen molar-refractivity contribution in [1.29, 1.82) is 0 Å². The van der Waals surface area contributed by atoms with Gasteiger partial charge in [-0.25, -0.2) is 4.79 Å². The van der Waals surface area contributed by atoms with E-state index in [2.05, 4.69) is 5.32 Å². The summed E-state index contributed by atoms with van der Waals surface area (Å²) in [5.41, 5.74) is 6.56. The van der Waals surface area contributed by atoms with Crippen LogP contribution < -0.4 is 11.1 Å². The van der Waals surface area contributed by atoms with Gasteiger partial charge in [-0.15, -0.1) is 0 Å². The van der Waals surface area contributed by atoms with Crippen LogP contribution in [0.4, 0.5) is 4.79 Å². The van der Waals surface area contributed by atoms with Gasteiger partial charge < -0.3 is 16.0 Å². The summed E-state index contributed by atoms with van der Waals surface area (Å²) in [6.07, 6.45) is 0. The third kappa shape index (κ3) is 3.59. The molecule has 4 heteroatoms. The van der Waals surface area contributed by atoms with Gasteiger partial charge in [0.05, 0.1) is 0 Å². The molecule has 0 aliphatic carbocycles. The maximum absolute atomic E-state index is 11.5. The molecule has 4 nitrogen and oxygen atoms in total. The highest BCUT2D eigenvalue weighted by Gasteiger charge is 2.10. The quantitative estimate of drug-likeness (QED) is 0.766. The van der Waals surface area contributed by atoms with Gasteiger partial charge in [0.2, 0.25) is 0 Å². The summed E-state index contributed by atoms with van der Waals surface area (Å²) in [6.45, 7) is 1.63. The van der Waals surface area contributed by atoms with Gasteiger partial charge in [-0.05, 0) is 5.56 Å². The van der Waals surface area contributed by atoms with Crippen LogP contribution in [0.3, 0.4) is 0 Å². The topological polar surface area (TPSA) is 58.4 Å². The molecule has 1 aromatic rings. The predicted octanol–water partition coefficient (Wildman–Crippen LogP) is 0.787. The summed E-state index contributed by atoms with van der Waals surface area (Å²) in [5.74, 6) is 0. The number of nitrogens with zero attached hydrogens (tertiary/aromatic N) is 1. The van der Waals surface area contributed by atoms with Crippen LogP contribution in [0.1, 0.15) is 5.56 Å². The monoisotopic (exact) mass is 207 g/mol. The maximum atomic E-state index is 11.5. The lowest BCUT2D eigenvalue weighted by atomic mass is 10.2. The zero-order valence-electron chi connectivity index (χ0n) is 8.94. The average Bonchev–Trinajstić information content (AvgIpc) is 2.29. The molecule has 0 heterocycles. The van der Waals surface area contributed by atoms with Crippen LogP contribution in [0.15, 0.2) is 30.3 Å². The second kappa shape index (κ2) is 6.03. The Labute approximate surface area is 90.1 Å². The predicted molar refractivity (Wildman–Crippen MR) is 60.4 cm³/mol. The number of carbonyl (C=O) groups excluding carboxylic acids is 1. The van der Waals surface area contributed by atoms with Gasteiger partial charge in [0, 0.05) is 26.7 Å². The Morgan fingerprint density at radius 2 is 2.07 bits per heavy atom. The zero-order valence-corrected chi connectivity index (χ0v) is 8.94. The fraction of sp³-hybridized carbons (Fsp3) is 0.364. The van der Waals surface area contributed by atoms with E-state index in [0.717, 1.165) is 5.56 Å². The highest BCUT2D eigenvalue weighted by molar-refractivity contribution is 5.73. The fourth-order valence-electron chi connectivity index (χ4n) is 1.37. The van der Waals surface area contributed by atoms with E-state index in [1.54, 1.807) is 11.9 Å². The van der Waals surface area contributed by atoms with E-state index in [4.69, 9.17) is 5.73 Å². The van der Waals surface area contributed by atoms with Gasteiger partial charge in [-0.1, -0.05) is 30.3 Å². The molecule has 0 atom stereocenters. The fourth-order valence-corrected chi connectivity index (χ4v) is 1.37. The SMILES string of the molecule is CNC(=O)N(CCN)Cc1ccccc1. The van der Waals surface area contributed by atoms with Gasteiger partial charge in [0.15, 0.2) is 0 Å². The number of benzene rings is 1. The largest absolute Gasteiger partial charge is 0.341 e. The van der Waals surface area contributed by atoms with Crippen molar-refractivity contribution in [3.05, 3.63) is 35.9 Å². The van der Waals surface area contributed by atoms with Crippen molar-refractivity contribution in [2.24, 2.45) is 5.73 Å². The van der Waals surface area contributed by atoms with E-state index in [0.29, 0.717) is 19.6 Å². The van der Waals surface area contributed by atoms with Gasteiger partial charge >= 0.3 is 6.03 Å². The van der Waals surface area contributed by atoms with E-state index in [9.17, 15) is 4.79 Å². The number of nitrogens with one attached hydrogen (secondary N) is 1. The van der Waals surface area contributed by atoms with Gasteiger partial charge in [0.1, 0.15) is 0 Å². The average molecular weight is 207 g/mol. The van der Waals surface area contributed by atoms with Crippen LogP contribution in [-0.4, -0.2) is 31.1 Å². The lowest BCUT2D eigenvalue weighted by Gasteiger charge is -2.21. The molecule has 0 saturated carbocycles. The number of urea groups is 1. The second-order valence-electron chi connectivity index (χ2n) is 3.25. The van der Waals surface area contributed by atoms with Crippen LogP contribution in [-0.2, 0) is 6.54 Å². The summed E-state index contributed by atoms with van der Waals surface area (Å²) in [5, 5.41) is 2.60. The molecule has 0 fully saturated rings. The number of amides is 2. The van der Waals surface area contributed by atoms with Crippen LogP contribution in [0.5, 0.6) is 0 Å². The molecule has 15 heavy (non-hydrogen) atoms. The zero-order chi connectivity index (χ0) is 11.1. The minimum absolute atomic E-state index is 0.0932. The van der Waals surface area contributed by atoms with Crippen LogP contribution >= 0.6 is 0 Å². The van der Waals surface area contributed by atoms with Gasteiger partial charge in [-0.2, -0.15) is 0 Å². The van der Waals surface area contributed by atoms with Crippen molar-refractivity contribution in [3.63, 3.8) is 0 Å². The summed E-state index contributed by atoms with van der Waals surface area (Å²) >= 11 is 0. The summed E-state index contributed by atoms with van der Waals surface area (Å²) in [7, 11) is 1.62. The molecule has 1 aromatic carbocycles. The molecule has 0 unspecified atom stereocenters. The first-order chi connectivity index (χ1) is 7.27. The number of carbonyl (C=O) groups is 1. The molecule has 0 aliphatic heterocycles. The Balaban J connectivity index is 2.62. The summed E-state index contributed by atoms with van der Waals surface area (Å²) in [6, 6.07) is 9.76. The highest BCUT2D eigenvalue weighted by atomic mass is 16.2. The molecule has 3 N–H and O–H groups in total. The normalized spacial score (nSPS) is 9.73. The third-order valence-corrected chi connectivity index (χ3v) is 2.12. The molecule has 0 radical (unpaired) electrons. The van der Waals surface area contributed by atoms with Crippen molar-refractivity contribution in [2.45, 2.75) is 6.54 Å². The van der Waals surface area contributed by atoms with E-state index in [1.807, 2.05) is 30.3 Å². The van der Waals surface area contributed by atoms with Crippen LogP contribution in [0.25, 0.3) is 0 Å². The molecule has 82 valence electrons. The smallest absolute Gasteiger partial charge is 0.317 e. The van der Waals surface area contributed by atoms with Crippen molar-refractivity contribution < 1.29 is 4.79 Å². The minimum atomic E-state index is -0.0932. The molecular weight excluding hydrogens is 190 g/mol. The molecule has 0 bridgehead atoms. The number of hydrogen-bond donors (Lipinski definition) is 2. The Morgan fingerprint density at radius 1 is 1.40 bits per heavy atom. The summed E-state index contributed by atoms with van der Waals surface area (Å²) in [4.78, 5) is 13.2. The first-order valence-corrected chi connectivity index (χ1v) is 4.98. The number of hydrogen-bond acceptors (Lipinski definition) is 2. The Morgan fingerprint density at radius 3 is 2.60 bits per heavy atom.